The Kier molecular flexibility index (Phi) is 27.6. The first-order chi connectivity index (χ1) is 68.5. The van der Waals surface area contributed by atoms with Gasteiger partial charge in [0.1, 0.15) is 11.6 Å². The summed E-state index contributed by atoms with van der Waals surface area (Å²) in [6.45, 7) is 57.7. The zero-order chi connectivity index (χ0) is 101. The Bertz CT molecular complexity index is 8040. The molecule has 0 N–H and O–H groups in total. The van der Waals surface area contributed by atoms with E-state index in [4.69, 9.17) is 19.4 Å². The zero-order valence-electron chi connectivity index (χ0n) is 88.2. The first kappa shape index (κ1) is 102. The van der Waals surface area contributed by atoms with Crippen molar-refractivity contribution in [1.82, 2.24) is 19.1 Å². The average Bonchev–Trinajstić information content (AvgIpc) is 1.57. The van der Waals surface area contributed by atoms with Crippen molar-refractivity contribution in [3.05, 3.63) is 468 Å². The molecule has 4 aromatic heterocycles. The summed E-state index contributed by atoms with van der Waals surface area (Å²) in [5.41, 5.74) is 29.7. The molecule has 0 aliphatic carbocycles. The van der Waals surface area contributed by atoms with Crippen molar-refractivity contribution in [1.29, 1.82) is 0 Å². The molecular formula is C134H130N8O2Pt2-6. The minimum absolute atomic E-state index is 0. The predicted molar refractivity (Wildman–Crippen MR) is 602 cm³/mol. The van der Waals surface area contributed by atoms with Gasteiger partial charge in [0.2, 0.25) is 0 Å². The van der Waals surface area contributed by atoms with Crippen molar-refractivity contribution in [2.24, 2.45) is 0 Å². The van der Waals surface area contributed by atoms with Gasteiger partial charge in [0.15, 0.2) is 0 Å². The van der Waals surface area contributed by atoms with Crippen molar-refractivity contribution >= 4 is 89.1 Å². The topological polar surface area (TPSA) is 67.1 Å². The number of hydrogen-bond acceptors (Lipinski definition) is 8. The summed E-state index contributed by atoms with van der Waals surface area (Å²) in [6.07, 6.45) is 3.84. The van der Waals surface area contributed by atoms with Gasteiger partial charge in [-0.05, 0) is 206 Å². The van der Waals surface area contributed by atoms with Crippen LogP contribution in [0.1, 0.15) is 232 Å². The van der Waals surface area contributed by atoms with Crippen LogP contribution in [0.15, 0.2) is 358 Å². The second-order valence-electron chi connectivity index (χ2n) is 46.3. The van der Waals surface area contributed by atoms with Crippen LogP contribution in [0.2, 0.25) is 0 Å². The van der Waals surface area contributed by atoms with E-state index < -0.39 is 0 Å². The van der Waals surface area contributed by atoms with E-state index >= 15 is 0 Å². The molecular weight excluding hydrogens is 2140 g/mol. The van der Waals surface area contributed by atoms with E-state index in [2.05, 4.69) is 547 Å². The number of ether oxygens (including phenoxy) is 2. The van der Waals surface area contributed by atoms with Crippen molar-refractivity contribution in [3.63, 3.8) is 0 Å². The van der Waals surface area contributed by atoms with Crippen LogP contribution in [0, 0.1) is 37.6 Å². The molecule has 0 atom stereocenters. The van der Waals surface area contributed by atoms with Gasteiger partial charge in [-0.3, -0.25) is 0 Å². The molecule has 0 saturated carbocycles. The smallest absolute Gasteiger partial charge is 0.135 e. The van der Waals surface area contributed by atoms with Crippen LogP contribution in [-0.2, 0) is 90.9 Å². The van der Waals surface area contributed by atoms with Crippen LogP contribution in [-0.4, -0.2) is 19.1 Å². The van der Waals surface area contributed by atoms with Gasteiger partial charge in [-0.2, -0.15) is 24.3 Å². The van der Waals surface area contributed by atoms with Gasteiger partial charge in [-0.15, -0.1) is 96.1 Å². The molecule has 2 aliphatic rings. The summed E-state index contributed by atoms with van der Waals surface area (Å²) in [5.74, 6) is 4.05. The standard InChI is InChI=1S/C68H63N4O.C66H67N4O.2Pt/c1-65(2,3)58-43-62-63(44-59(58)66(4,5)6)71(53-38-47(46-23-14-11-15-24-46)37-51(39-53)68(9,10)49-27-18-13-19-28-49)45-70(62)52-29-22-30-54(41-52)73-55-33-34-57-56-31-20-21-32-60(56)72(61(57)42-55)64-40-50(35-36-69-64)67(7,8)48-25-16-12-17-26-48;1-62(2,3)47-35-48(66(12,13)45-25-18-15-19-26-45)37-50(36-47)69-43-68(59-41-55(63(4,5)6)56(42-60(59)69)64(7,8)9)49-27-22-28-51(39-49)71-52-31-32-54-53-29-20-21-30-57(53)70(58(54)40-52)61-38-46(33-34-67-61)65(10,11)44-23-16-14-17-24-44;;/h11-40,43-45H,1-10H3;14-38,41-43H,1-13H3;;/q2*-3;;. The molecule has 12 heteroatoms. The van der Waals surface area contributed by atoms with E-state index in [9.17, 15) is 0 Å². The zero-order valence-corrected chi connectivity index (χ0v) is 92.8. The van der Waals surface area contributed by atoms with Crippen molar-refractivity contribution in [2.75, 3.05) is 19.6 Å². The molecule has 21 rings (SSSR count). The number of aromatic nitrogens is 4. The summed E-state index contributed by atoms with van der Waals surface area (Å²) < 4.78 is 18.0. The number of fused-ring (bicyclic) bond motifs is 8. The van der Waals surface area contributed by atoms with Crippen LogP contribution in [0.5, 0.6) is 23.0 Å². The van der Waals surface area contributed by atoms with Crippen molar-refractivity contribution in [2.45, 2.75) is 208 Å². The Labute approximate surface area is 894 Å². The number of para-hydroxylation sites is 2. The molecule has 0 bridgehead atoms. The molecule has 0 spiro atoms. The minimum Gasteiger partial charge on any atom is -0.509 e. The Hall–Kier alpha value is -13.6. The Morgan fingerprint density at radius 2 is 0.548 bits per heavy atom. The van der Waals surface area contributed by atoms with Gasteiger partial charge in [0, 0.05) is 144 Å². The Balaban J connectivity index is 0.000000189. The summed E-state index contributed by atoms with van der Waals surface area (Å²) in [6, 6.07) is 139. The molecule has 0 radical (unpaired) electrons. The second-order valence-corrected chi connectivity index (χ2v) is 46.3. The molecule has 0 amide bonds. The van der Waals surface area contributed by atoms with Gasteiger partial charge >= 0.3 is 0 Å². The summed E-state index contributed by atoms with van der Waals surface area (Å²) in [5, 5.41) is 4.42. The van der Waals surface area contributed by atoms with Crippen LogP contribution >= 0.6 is 0 Å². The predicted octanol–water partition coefficient (Wildman–Crippen LogP) is 35.4. The second kappa shape index (κ2) is 39.3. The molecule has 0 saturated heterocycles. The van der Waals surface area contributed by atoms with E-state index in [-0.39, 0.29) is 90.9 Å². The number of hydrogen-bond donors (Lipinski definition) is 0. The molecule has 2 aliphatic heterocycles. The third kappa shape index (κ3) is 19.8. The van der Waals surface area contributed by atoms with E-state index in [1.54, 1.807) is 0 Å². The first-order valence-corrected chi connectivity index (χ1v) is 50.6. The fourth-order valence-corrected chi connectivity index (χ4v) is 20.9. The third-order valence-corrected chi connectivity index (χ3v) is 29.7. The third-order valence-electron chi connectivity index (χ3n) is 29.7. The molecule has 15 aromatic carbocycles. The summed E-state index contributed by atoms with van der Waals surface area (Å²) in [4.78, 5) is 19.3. The van der Waals surface area contributed by atoms with E-state index in [1.165, 1.54) is 83.5 Å². The van der Waals surface area contributed by atoms with Crippen LogP contribution in [0.25, 0.3) is 66.4 Å². The quantitative estimate of drug-likeness (QED) is 0.0742. The number of benzene rings is 15. The molecule has 19 aromatic rings. The van der Waals surface area contributed by atoms with Crippen LogP contribution < -0.4 is 29.1 Å². The Morgan fingerprint density at radius 3 is 0.911 bits per heavy atom. The number of anilines is 8. The number of pyridine rings is 2. The van der Waals surface area contributed by atoms with Crippen molar-refractivity contribution in [3.8, 4) is 45.8 Å². The van der Waals surface area contributed by atoms with Crippen LogP contribution in [0.3, 0.4) is 0 Å². The molecule has 744 valence electrons. The largest absolute Gasteiger partial charge is 0.509 e. The maximum absolute atomic E-state index is 6.81. The normalized spacial score (nSPS) is 13.2. The van der Waals surface area contributed by atoms with Gasteiger partial charge in [-0.1, -0.05) is 370 Å². The maximum Gasteiger partial charge on any atom is 0.135 e. The fraction of sp³-hybridized carbons (Fsp3) is 0.239. The Morgan fingerprint density at radius 1 is 0.233 bits per heavy atom. The van der Waals surface area contributed by atoms with Crippen LogP contribution in [0.4, 0.5) is 45.5 Å². The van der Waals surface area contributed by atoms with Gasteiger partial charge in [0.25, 0.3) is 0 Å². The number of rotatable bonds is 19. The van der Waals surface area contributed by atoms with E-state index in [0.717, 1.165) is 101 Å². The number of nitrogens with zero attached hydrogens (tertiary/aromatic N) is 8. The molecule has 10 nitrogen and oxygen atoms in total. The average molecular weight is 2270 g/mol. The minimum atomic E-state index is -0.274. The van der Waals surface area contributed by atoms with Crippen molar-refractivity contribution < 1.29 is 51.6 Å². The molecule has 0 fully saturated rings. The monoisotopic (exact) mass is 2270 g/mol. The van der Waals surface area contributed by atoms with Gasteiger partial charge in [0.05, 0.1) is 0 Å². The van der Waals surface area contributed by atoms with Gasteiger partial charge in [-0.25, -0.2) is 9.97 Å². The maximum atomic E-state index is 6.81. The first-order valence-electron chi connectivity index (χ1n) is 50.6. The summed E-state index contributed by atoms with van der Waals surface area (Å²) in [7, 11) is 0. The molecule has 6 heterocycles. The molecule has 0 unspecified atom stereocenters. The fourth-order valence-electron chi connectivity index (χ4n) is 20.9. The SMILES string of the molecule is CC(C)(C)c1cc(N2[CH-]N(c3[c-]c(Oc4[c-]c5c(cc4)c4ccccc4n5-c4cc(C(C)(C)c5ccccc5)ccn4)ccc3)c3cc(C(C)(C)C)c(C(C)(C)C)cc32)cc(C(C)(C)c2ccccc2)c1.CC(C)(C)c1cc2c(cc1C(C)(C)C)N(c1cc(-c3ccccc3)cc(C(C)(C)c3ccccc3)c1)[CH-]N2c1[c-]c(Oc2[c-]c3c(cc2)c2ccccc2n3-c2cc(C(C)(C)c3ccccc3)ccn2)ccc1.[Pt].[Pt]. The summed E-state index contributed by atoms with van der Waals surface area (Å²) >= 11 is 0. The van der Waals surface area contributed by atoms with E-state index in [0.29, 0.717) is 23.0 Å². The van der Waals surface area contributed by atoms with Gasteiger partial charge < -0.3 is 38.2 Å². The molecule has 146 heavy (non-hydrogen) atoms. The van der Waals surface area contributed by atoms with E-state index in [1.807, 2.05) is 36.7 Å².